The van der Waals surface area contributed by atoms with Crippen LogP contribution in [0, 0.1) is 34.5 Å². The summed E-state index contributed by atoms with van der Waals surface area (Å²) in [6.45, 7) is 18.6. The van der Waals surface area contributed by atoms with Crippen LogP contribution < -0.4 is 50.1 Å². The van der Waals surface area contributed by atoms with Crippen LogP contribution >= 0.6 is 24.8 Å². The largest absolute Gasteiger partial charge is 0.497 e. The standard InChI is InChI=1S/C35H45N5O8S.C30H39N5O7S.C5H8O2.2ClH/c1-6-22-18-35(22,33(44)39-49(45,46)25-10-11-25)38-30(42)27-17-24(48-31-26-12-9-23(47-5)16-21(26)13-14-36-31)19-40(27)32(43)29(34(2,3)4)37-28(41)15-20-7-8-20;1-6-18-15-30(18,28(38)34-43(39,40)21-8-9-21)33-25(36)23-14-20(16-35(23)27(37)24(31)29(2,3)4)42-26-22-10-7-19(41-5)13-17(22)11-12-32-26;6-5(7)3-4-1-2-4;;/h6,9,12-14,16,20,22,24-25,27,29H,1,7-8,10-11,15,17-19H2,2-5H3,(H,37,41)(H,38,42)(H,39,44);6-7,10-13,18,20-21,23-24H,1,8-9,14-16,31H2,2-5H3,(H,33,36)(H,34,38);4H,1-3H2,(H,6,7);2*1H/t22-,24?,27+,29-,35?;18-,20?,23+,24-,30?;;;/m11.../s1. The molecule has 6 saturated carbocycles. The summed E-state index contributed by atoms with van der Waals surface area (Å²) in [5.74, 6) is -2.73. The molecule has 6 aliphatic carbocycles. The summed E-state index contributed by atoms with van der Waals surface area (Å²) in [5.41, 5.74) is 2.06. The van der Waals surface area contributed by atoms with Crippen LogP contribution in [0.15, 0.2) is 86.2 Å². The Morgan fingerprint density at radius 1 is 0.624 bits per heavy atom. The molecule has 2 aromatic carbocycles. The number of ether oxygens (including phenoxy) is 4. The molecule has 2 aliphatic heterocycles. The molecule has 4 unspecified atom stereocenters. The lowest BCUT2D eigenvalue weighted by Crippen LogP contribution is -2.60. The van der Waals surface area contributed by atoms with Crippen molar-refractivity contribution in [1.82, 2.24) is 45.2 Å². The van der Waals surface area contributed by atoms with Crippen LogP contribution in [0.5, 0.6) is 23.3 Å². The summed E-state index contributed by atoms with van der Waals surface area (Å²) in [6, 6.07) is 10.6. The third kappa shape index (κ3) is 18.7. The summed E-state index contributed by atoms with van der Waals surface area (Å²) >= 11 is 0. The number of hydrogen-bond donors (Lipinski definition) is 7. The molecule has 552 valence electrons. The van der Waals surface area contributed by atoms with Crippen molar-refractivity contribution in [1.29, 1.82) is 0 Å². The second-order valence-corrected chi connectivity index (χ2v) is 33.6. The normalized spacial score (nSPS) is 24.8. The maximum absolute atomic E-state index is 14.4. The van der Waals surface area contributed by atoms with Gasteiger partial charge in [0.15, 0.2) is 0 Å². The molecule has 8 N–H and O–H groups in total. The first-order valence-corrected chi connectivity index (χ1v) is 36.8. The van der Waals surface area contributed by atoms with Crippen LogP contribution in [-0.2, 0) is 58.4 Å². The zero-order chi connectivity index (χ0) is 71.9. The number of pyridine rings is 2. The van der Waals surface area contributed by atoms with Gasteiger partial charge in [-0.2, -0.15) is 0 Å². The Morgan fingerprint density at radius 3 is 1.37 bits per heavy atom. The predicted molar refractivity (Wildman–Crippen MR) is 380 cm³/mol. The van der Waals surface area contributed by atoms with Gasteiger partial charge in [0, 0.05) is 60.7 Å². The lowest BCUT2D eigenvalue weighted by atomic mass is 9.85. The highest BCUT2D eigenvalue weighted by molar-refractivity contribution is 7.91. The fourth-order valence-electron chi connectivity index (χ4n) is 12.5. The number of aliphatic carboxylic acids is 1. The zero-order valence-electron chi connectivity index (χ0n) is 58.1. The average Bonchev–Trinajstić information content (AvgIpc) is 1.58. The molecule has 0 bridgehead atoms. The van der Waals surface area contributed by atoms with Gasteiger partial charge in [-0.3, -0.25) is 47.8 Å². The van der Waals surface area contributed by atoms with Crippen molar-refractivity contribution < 1.29 is 79.2 Å². The van der Waals surface area contributed by atoms with E-state index in [0.29, 0.717) is 79.0 Å². The lowest BCUT2D eigenvalue weighted by molar-refractivity contribution is -0.144. The average molecular weight is 1480 g/mol. The van der Waals surface area contributed by atoms with E-state index in [-0.39, 0.29) is 69.5 Å². The molecule has 7 amide bonds. The van der Waals surface area contributed by atoms with E-state index in [1.165, 1.54) is 22.0 Å². The summed E-state index contributed by atoms with van der Waals surface area (Å²) in [5, 5.41) is 18.5. The molecular formula is C70H94Cl2N10O17S2. The minimum atomic E-state index is -3.87. The quantitative estimate of drug-likeness (QED) is 0.0377. The number of carboxylic acid groups (broad SMARTS) is 1. The van der Waals surface area contributed by atoms with E-state index in [2.05, 4.69) is 48.5 Å². The van der Waals surface area contributed by atoms with Gasteiger partial charge in [-0.15, -0.1) is 38.0 Å². The Kier molecular flexibility index (Phi) is 24.2. The van der Waals surface area contributed by atoms with Crippen LogP contribution in [0.25, 0.3) is 21.5 Å². The number of benzene rings is 2. The highest BCUT2D eigenvalue weighted by Gasteiger charge is 2.64. The summed E-state index contributed by atoms with van der Waals surface area (Å²) in [6.07, 6.45) is 12.4. The van der Waals surface area contributed by atoms with Crippen molar-refractivity contribution in [3.63, 3.8) is 0 Å². The molecule has 8 aliphatic rings. The van der Waals surface area contributed by atoms with E-state index in [1.54, 1.807) is 38.7 Å². The van der Waals surface area contributed by atoms with E-state index in [9.17, 15) is 55.2 Å². The first kappa shape index (κ1) is 78.9. The Balaban J connectivity index is 0.000000231. The molecule has 12 rings (SSSR count). The fraction of sp³-hybridized carbons (Fsp3) is 0.571. The first-order valence-electron chi connectivity index (χ1n) is 33.7. The Bertz CT molecular complexity index is 4080. The van der Waals surface area contributed by atoms with Crippen molar-refractivity contribution in [2.75, 3.05) is 27.3 Å². The SMILES string of the molecule is C=C[C@@H]1CC1(NC(=O)[C@@H]1CC(Oc2nccc3cc(OC)ccc23)CN1C(=O)[C@@H](N)C(C)(C)C)C(=O)NS(=O)(=O)C1CC1.C=C[C@@H]1CC1(NC(=O)[C@@H]1CC(Oc2nccc3cc(OC)ccc23)CN1C(=O)[C@@H](NC(=O)CC1CC1)C(C)(C)C)C(=O)NS(=O)(=O)C1CC1.Cl.Cl.O=C(O)CC1CC1. The molecule has 8 fully saturated rings. The number of hydrogen-bond acceptors (Lipinski definition) is 19. The van der Waals surface area contributed by atoms with Gasteiger partial charge in [-0.1, -0.05) is 53.7 Å². The van der Waals surface area contributed by atoms with Crippen LogP contribution in [0.3, 0.4) is 0 Å². The van der Waals surface area contributed by atoms with Crippen molar-refractivity contribution in [3.8, 4) is 23.3 Å². The van der Waals surface area contributed by atoms with Crippen molar-refractivity contribution in [2.24, 2.45) is 40.2 Å². The van der Waals surface area contributed by atoms with Crippen molar-refractivity contribution >= 4 is 114 Å². The maximum atomic E-state index is 14.4. The third-order valence-corrected chi connectivity index (χ3v) is 23.2. The number of nitrogens with one attached hydrogen (secondary N) is 5. The molecule has 4 aromatic rings. The van der Waals surface area contributed by atoms with Crippen LogP contribution in [0.2, 0.25) is 0 Å². The molecule has 0 radical (unpaired) electrons. The van der Waals surface area contributed by atoms with Gasteiger partial charge < -0.3 is 55.5 Å². The van der Waals surface area contributed by atoms with Crippen LogP contribution in [-0.4, -0.2) is 174 Å². The first-order chi connectivity index (χ1) is 46.6. The van der Waals surface area contributed by atoms with Gasteiger partial charge in [0.25, 0.3) is 11.8 Å². The number of carbonyl (C=O) groups excluding carboxylic acids is 7. The minimum Gasteiger partial charge on any atom is -0.497 e. The van der Waals surface area contributed by atoms with Crippen LogP contribution in [0.4, 0.5) is 0 Å². The second-order valence-electron chi connectivity index (χ2n) is 29.6. The fourth-order valence-corrected chi connectivity index (χ4v) is 15.3. The van der Waals surface area contributed by atoms with E-state index in [0.717, 1.165) is 41.8 Å². The van der Waals surface area contributed by atoms with Gasteiger partial charge in [-0.25, -0.2) is 26.8 Å². The Labute approximate surface area is 601 Å². The zero-order valence-corrected chi connectivity index (χ0v) is 61.3. The number of sulfonamides is 2. The molecule has 2 aromatic heterocycles. The smallest absolute Gasteiger partial charge is 0.303 e. The predicted octanol–water partition coefficient (Wildman–Crippen LogP) is 5.94. The number of amides is 7. The van der Waals surface area contributed by atoms with Crippen molar-refractivity contribution in [2.45, 2.75) is 189 Å². The van der Waals surface area contributed by atoms with Gasteiger partial charge in [0.05, 0.1) is 43.9 Å². The van der Waals surface area contributed by atoms with E-state index >= 15 is 0 Å². The highest BCUT2D eigenvalue weighted by Crippen LogP contribution is 2.47. The molecule has 0 spiro atoms. The number of methoxy groups -OCH3 is 2. The number of halogens is 2. The lowest BCUT2D eigenvalue weighted by Gasteiger charge is -2.35. The minimum absolute atomic E-state index is 0. The monoisotopic (exact) mass is 1480 g/mol. The topological polar surface area (TPSA) is 380 Å². The molecule has 101 heavy (non-hydrogen) atoms. The van der Waals surface area contributed by atoms with Gasteiger partial charge >= 0.3 is 5.97 Å². The Morgan fingerprint density at radius 2 is 1.03 bits per heavy atom. The molecule has 27 nitrogen and oxygen atoms in total. The van der Waals surface area contributed by atoms with E-state index in [1.807, 2.05) is 77.9 Å². The number of likely N-dealkylation sites (tertiary alicyclic amines) is 2. The number of carbonyl (C=O) groups is 8. The molecule has 4 heterocycles. The highest BCUT2D eigenvalue weighted by atomic mass is 35.5. The summed E-state index contributed by atoms with van der Waals surface area (Å²) < 4.78 is 77.9. The van der Waals surface area contributed by atoms with E-state index < -0.39 is 142 Å². The number of fused-ring (bicyclic) bond motifs is 2. The number of rotatable bonds is 25. The second kappa shape index (κ2) is 31.0. The van der Waals surface area contributed by atoms with Gasteiger partial charge in [0.1, 0.15) is 52.9 Å². The third-order valence-electron chi connectivity index (χ3n) is 19.6. The van der Waals surface area contributed by atoms with Crippen molar-refractivity contribution in [3.05, 3.63) is 86.2 Å². The van der Waals surface area contributed by atoms with Gasteiger partial charge in [-0.05, 0) is 146 Å². The van der Waals surface area contributed by atoms with Crippen LogP contribution in [0.1, 0.15) is 131 Å². The van der Waals surface area contributed by atoms with E-state index in [4.69, 9.17) is 29.8 Å². The summed E-state index contributed by atoms with van der Waals surface area (Å²) in [7, 11) is -4.55. The Hall–Kier alpha value is -7.86. The number of nitrogens with zero attached hydrogens (tertiary/aromatic N) is 4. The summed E-state index contributed by atoms with van der Waals surface area (Å²) in [4.78, 5) is 117. The van der Waals surface area contributed by atoms with Gasteiger partial charge in [0.2, 0.25) is 61.3 Å². The molecular weight excluding hydrogens is 1390 g/mol. The number of aromatic nitrogens is 2. The number of carboxylic acids is 1. The molecule has 2 saturated heterocycles. The maximum Gasteiger partial charge on any atom is 0.303 e. The number of nitrogens with two attached hydrogens (primary N) is 1. The molecule has 10 atom stereocenters. The molecule has 31 heteroatoms.